The van der Waals surface area contributed by atoms with Crippen LogP contribution in [0.1, 0.15) is 37.0 Å². The quantitative estimate of drug-likeness (QED) is 0.734. The van der Waals surface area contributed by atoms with Gasteiger partial charge >= 0.3 is 6.03 Å². The maximum Gasteiger partial charge on any atom is 0.321 e. The summed E-state index contributed by atoms with van der Waals surface area (Å²) in [6, 6.07) is 4.50. The summed E-state index contributed by atoms with van der Waals surface area (Å²) >= 11 is 0. The minimum atomic E-state index is -0.495. The number of nitrogens with one attached hydrogen (secondary N) is 3. The van der Waals surface area contributed by atoms with Crippen LogP contribution in [-0.4, -0.2) is 54.5 Å². The first-order valence-corrected chi connectivity index (χ1v) is 8.80. The van der Waals surface area contributed by atoms with Crippen LogP contribution in [0.15, 0.2) is 24.3 Å². The van der Waals surface area contributed by atoms with E-state index in [0.29, 0.717) is 38.0 Å². The molecule has 0 saturated carbocycles. The number of carbonyl (C=O) groups excluding carboxylic acids is 3. The Kier molecular flexibility index (Phi) is 7.08. The number of imide groups is 1. The van der Waals surface area contributed by atoms with E-state index in [-0.39, 0.29) is 23.7 Å². The van der Waals surface area contributed by atoms with Crippen molar-refractivity contribution in [3.63, 3.8) is 0 Å². The summed E-state index contributed by atoms with van der Waals surface area (Å²) in [6.07, 6.45) is 1.40. The Hall–Kier alpha value is -2.48. The molecule has 1 aromatic carbocycles. The minimum Gasteiger partial charge on any atom is -0.349 e. The molecule has 0 radical (unpaired) electrons. The molecule has 1 aromatic rings. The smallest absolute Gasteiger partial charge is 0.321 e. The molecule has 0 aromatic heterocycles. The fourth-order valence-corrected chi connectivity index (χ4v) is 2.89. The Morgan fingerprint density at radius 2 is 1.81 bits per heavy atom. The van der Waals surface area contributed by atoms with E-state index < -0.39 is 12.1 Å². The Morgan fingerprint density at radius 3 is 2.38 bits per heavy atom. The zero-order chi connectivity index (χ0) is 19.1. The molecule has 1 atom stereocenters. The van der Waals surface area contributed by atoms with Crippen LogP contribution in [-0.2, 0) is 4.79 Å². The average Bonchev–Trinajstić information content (AvgIpc) is 2.62. The number of likely N-dealkylation sites (tertiary alicyclic amines) is 1. The lowest BCUT2D eigenvalue weighted by Crippen LogP contribution is -2.53. The van der Waals surface area contributed by atoms with Crippen LogP contribution in [0.3, 0.4) is 0 Å². The third-order valence-corrected chi connectivity index (χ3v) is 4.47. The van der Waals surface area contributed by atoms with Gasteiger partial charge in [-0.05, 0) is 51.0 Å². The molecule has 0 spiro atoms. The van der Waals surface area contributed by atoms with Gasteiger partial charge in [0.1, 0.15) is 5.82 Å². The maximum absolute atomic E-state index is 12.9. The molecule has 8 heteroatoms. The highest BCUT2D eigenvalue weighted by Crippen LogP contribution is 2.14. The minimum absolute atomic E-state index is 0.00227. The van der Waals surface area contributed by atoms with Crippen molar-refractivity contribution in [3.05, 3.63) is 35.6 Å². The van der Waals surface area contributed by atoms with Crippen LogP contribution in [0.5, 0.6) is 0 Å². The molecule has 3 N–H and O–H groups in total. The number of hydrogen-bond acceptors (Lipinski definition) is 4. The fourth-order valence-electron chi connectivity index (χ4n) is 2.89. The topological polar surface area (TPSA) is 90.5 Å². The molecule has 26 heavy (non-hydrogen) atoms. The second-order valence-corrected chi connectivity index (χ2v) is 6.32. The lowest BCUT2D eigenvalue weighted by atomic mass is 10.0. The van der Waals surface area contributed by atoms with E-state index >= 15 is 0 Å². The van der Waals surface area contributed by atoms with Crippen molar-refractivity contribution in [2.45, 2.75) is 38.8 Å². The van der Waals surface area contributed by atoms with Crippen LogP contribution in [0, 0.1) is 5.82 Å². The van der Waals surface area contributed by atoms with Gasteiger partial charge in [-0.3, -0.25) is 19.8 Å². The summed E-state index contributed by atoms with van der Waals surface area (Å²) in [5.41, 5.74) is 0.420. The van der Waals surface area contributed by atoms with Gasteiger partial charge in [-0.1, -0.05) is 0 Å². The molecule has 1 unspecified atom stereocenters. The van der Waals surface area contributed by atoms with Crippen molar-refractivity contribution in [2.75, 3.05) is 19.6 Å². The number of piperidine rings is 1. The molecule has 1 aliphatic rings. The highest BCUT2D eigenvalue weighted by molar-refractivity contribution is 5.96. The predicted octanol–water partition coefficient (Wildman–Crippen LogP) is 1.25. The fraction of sp³-hybridized carbons (Fsp3) is 0.500. The van der Waals surface area contributed by atoms with E-state index in [9.17, 15) is 18.8 Å². The second kappa shape index (κ2) is 9.28. The van der Waals surface area contributed by atoms with Crippen LogP contribution in [0.2, 0.25) is 0 Å². The van der Waals surface area contributed by atoms with Crippen LogP contribution >= 0.6 is 0 Å². The van der Waals surface area contributed by atoms with Gasteiger partial charge in [0.15, 0.2) is 0 Å². The molecular formula is C18H25FN4O3. The highest BCUT2D eigenvalue weighted by atomic mass is 19.1. The second-order valence-electron chi connectivity index (χ2n) is 6.32. The number of hydrogen-bond donors (Lipinski definition) is 3. The molecular weight excluding hydrogens is 339 g/mol. The molecule has 0 bridgehead atoms. The molecule has 1 saturated heterocycles. The third kappa shape index (κ3) is 5.52. The van der Waals surface area contributed by atoms with Crippen molar-refractivity contribution in [1.82, 2.24) is 20.9 Å². The van der Waals surface area contributed by atoms with Gasteiger partial charge < -0.3 is 10.6 Å². The van der Waals surface area contributed by atoms with E-state index in [2.05, 4.69) is 16.0 Å². The molecule has 1 heterocycles. The summed E-state index contributed by atoms with van der Waals surface area (Å²) in [4.78, 5) is 37.7. The molecule has 0 aliphatic carbocycles. The number of carbonyl (C=O) groups is 3. The van der Waals surface area contributed by atoms with Crippen molar-refractivity contribution in [1.29, 1.82) is 0 Å². The molecule has 2 rings (SSSR count). The molecule has 1 fully saturated rings. The lowest BCUT2D eigenvalue weighted by Gasteiger charge is -2.35. The van der Waals surface area contributed by atoms with Gasteiger partial charge in [0.05, 0.1) is 6.04 Å². The highest BCUT2D eigenvalue weighted by Gasteiger charge is 2.28. The van der Waals surface area contributed by atoms with Crippen LogP contribution in [0.4, 0.5) is 9.18 Å². The number of rotatable bonds is 5. The average molecular weight is 364 g/mol. The first-order valence-electron chi connectivity index (χ1n) is 8.80. The standard InChI is InChI=1S/C18H25FN4O3/c1-3-20-18(26)22-16(24)12(2)23-10-8-15(9-11-23)21-17(25)13-4-6-14(19)7-5-13/h4-7,12,15H,3,8-11H2,1-2H3,(H,21,25)(H2,20,22,24,26). The Labute approximate surface area is 152 Å². The monoisotopic (exact) mass is 364 g/mol. The maximum atomic E-state index is 12.9. The lowest BCUT2D eigenvalue weighted by molar-refractivity contribution is -0.125. The predicted molar refractivity (Wildman–Crippen MR) is 95.1 cm³/mol. The van der Waals surface area contributed by atoms with Gasteiger partial charge in [-0.15, -0.1) is 0 Å². The number of amides is 4. The number of halogens is 1. The van der Waals surface area contributed by atoms with Crippen molar-refractivity contribution in [3.8, 4) is 0 Å². The molecule has 7 nitrogen and oxygen atoms in total. The zero-order valence-electron chi connectivity index (χ0n) is 15.0. The summed E-state index contributed by atoms with van der Waals surface area (Å²) in [6.45, 7) is 5.26. The largest absolute Gasteiger partial charge is 0.349 e. The molecule has 1 aliphatic heterocycles. The van der Waals surface area contributed by atoms with E-state index in [1.807, 2.05) is 4.90 Å². The van der Waals surface area contributed by atoms with Gasteiger partial charge in [-0.25, -0.2) is 9.18 Å². The van der Waals surface area contributed by atoms with E-state index in [1.165, 1.54) is 24.3 Å². The first-order chi connectivity index (χ1) is 12.4. The van der Waals surface area contributed by atoms with Crippen LogP contribution < -0.4 is 16.0 Å². The van der Waals surface area contributed by atoms with Crippen molar-refractivity contribution >= 4 is 17.8 Å². The van der Waals surface area contributed by atoms with Crippen molar-refractivity contribution < 1.29 is 18.8 Å². The first kappa shape index (κ1) is 19.8. The van der Waals surface area contributed by atoms with Crippen LogP contribution in [0.25, 0.3) is 0 Å². The van der Waals surface area contributed by atoms with E-state index in [1.54, 1.807) is 13.8 Å². The summed E-state index contributed by atoms with van der Waals surface area (Å²) < 4.78 is 12.9. The summed E-state index contributed by atoms with van der Waals surface area (Å²) in [5.74, 6) is -0.954. The normalized spacial score (nSPS) is 16.6. The number of benzene rings is 1. The summed E-state index contributed by atoms with van der Waals surface area (Å²) in [5, 5.41) is 7.78. The zero-order valence-corrected chi connectivity index (χ0v) is 15.0. The summed E-state index contributed by atoms with van der Waals surface area (Å²) in [7, 11) is 0. The van der Waals surface area contributed by atoms with Gasteiger partial charge in [0, 0.05) is 31.2 Å². The number of nitrogens with zero attached hydrogens (tertiary/aromatic N) is 1. The Balaban J connectivity index is 1.79. The molecule has 4 amide bonds. The van der Waals surface area contributed by atoms with Gasteiger partial charge in [-0.2, -0.15) is 0 Å². The Morgan fingerprint density at radius 1 is 1.19 bits per heavy atom. The number of urea groups is 1. The van der Waals surface area contributed by atoms with E-state index in [0.717, 1.165) is 0 Å². The Bertz CT molecular complexity index is 642. The SMILES string of the molecule is CCNC(=O)NC(=O)C(C)N1CCC(NC(=O)c2ccc(F)cc2)CC1. The van der Waals surface area contributed by atoms with Crippen molar-refractivity contribution in [2.24, 2.45) is 0 Å². The van der Waals surface area contributed by atoms with Gasteiger partial charge in [0.25, 0.3) is 5.91 Å². The molecule has 142 valence electrons. The third-order valence-electron chi connectivity index (χ3n) is 4.47. The van der Waals surface area contributed by atoms with Gasteiger partial charge in [0.2, 0.25) is 5.91 Å². The van der Waals surface area contributed by atoms with E-state index in [4.69, 9.17) is 0 Å².